The van der Waals surface area contributed by atoms with Crippen LogP contribution in [-0.4, -0.2) is 85.2 Å². The quantitative estimate of drug-likeness (QED) is 0.548. The van der Waals surface area contributed by atoms with E-state index in [1.807, 2.05) is 0 Å². The van der Waals surface area contributed by atoms with Gasteiger partial charge in [0.1, 0.15) is 0 Å². The molecule has 23 heavy (non-hydrogen) atoms. The molecular weight excluding hydrogens is 290 g/mol. The first kappa shape index (κ1) is 17.2. The number of fused-ring (bicyclic) bond motifs is 2. The summed E-state index contributed by atoms with van der Waals surface area (Å²) >= 11 is 0. The number of ether oxygens (including phenoxy) is 1. The third-order valence-electron chi connectivity index (χ3n) is 5.99. The lowest BCUT2D eigenvalue weighted by Crippen LogP contribution is -2.55. The molecule has 3 aliphatic rings. The molecule has 132 valence electrons. The zero-order valence-electron chi connectivity index (χ0n) is 14.9. The van der Waals surface area contributed by atoms with E-state index in [1.165, 1.54) is 51.9 Å². The molecule has 0 radical (unpaired) electrons. The Hall–Kier alpha value is -0.650. The highest BCUT2D eigenvalue weighted by Gasteiger charge is 2.43. The maximum absolute atomic E-state index is 12.0. The Morgan fingerprint density at radius 1 is 1.04 bits per heavy atom. The predicted molar refractivity (Wildman–Crippen MR) is 91.5 cm³/mol. The van der Waals surface area contributed by atoms with E-state index in [1.54, 1.807) is 0 Å². The smallest absolute Gasteiger partial charge is 0.320 e. The van der Waals surface area contributed by atoms with Gasteiger partial charge in [-0.05, 0) is 39.2 Å². The number of carbonyl (C=O) groups excluding carboxylic acids is 1. The molecule has 0 aliphatic carbocycles. The second-order valence-electron chi connectivity index (χ2n) is 7.60. The van der Waals surface area contributed by atoms with Gasteiger partial charge in [-0.1, -0.05) is 13.3 Å². The molecule has 2 bridgehead atoms. The SMILES string of the molecule is CCCCOC(=O)CN1C2CCC1CC(N1CCN(C)CC1)C2. The van der Waals surface area contributed by atoms with Gasteiger partial charge in [-0.15, -0.1) is 0 Å². The van der Waals surface area contributed by atoms with Crippen molar-refractivity contribution in [2.75, 3.05) is 46.4 Å². The molecule has 0 aromatic heterocycles. The van der Waals surface area contributed by atoms with Gasteiger partial charge in [-0.25, -0.2) is 0 Å². The number of carbonyl (C=O) groups is 1. The van der Waals surface area contributed by atoms with E-state index >= 15 is 0 Å². The topological polar surface area (TPSA) is 36.0 Å². The van der Waals surface area contributed by atoms with Crippen molar-refractivity contribution in [3.63, 3.8) is 0 Å². The Balaban J connectivity index is 1.48. The van der Waals surface area contributed by atoms with Crippen molar-refractivity contribution in [1.82, 2.24) is 14.7 Å². The Labute approximate surface area is 140 Å². The molecule has 0 aromatic carbocycles. The van der Waals surface area contributed by atoms with Crippen LogP contribution >= 0.6 is 0 Å². The van der Waals surface area contributed by atoms with E-state index < -0.39 is 0 Å². The maximum atomic E-state index is 12.0. The highest BCUT2D eigenvalue weighted by molar-refractivity contribution is 5.71. The third-order valence-corrected chi connectivity index (χ3v) is 5.99. The van der Waals surface area contributed by atoms with Crippen molar-refractivity contribution in [3.05, 3.63) is 0 Å². The van der Waals surface area contributed by atoms with Crippen molar-refractivity contribution in [3.8, 4) is 0 Å². The molecule has 5 nitrogen and oxygen atoms in total. The molecule has 3 heterocycles. The summed E-state index contributed by atoms with van der Waals surface area (Å²) in [5.74, 6) is -0.0200. The molecule has 3 rings (SSSR count). The Morgan fingerprint density at radius 3 is 2.30 bits per heavy atom. The average molecular weight is 323 g/mol. The lowest BCUT2D eigenvalue weighted by molar-refractivity contribution is -0.146. The molecule has 0 saturated carbocycles. The van der Waals surface area contributed by atoms with Crippen molar-refractivity contribution in [1.29, 1.82) is 0 Å². The zero-order chi connectivity index (χ0) is 16.2. The summed E-state index contributed by atoms with van der Waals surface area (Å²) in [6.07, 6.45) is 7.05. The number of unbranched alkanes of at least 4 members (excludes halogenated alkanes) is 1. The molecule has 0 spiro atoms. The van der Waals surface area contributed by atoms with Crippen LogP contribution in [0.3, 0.4) is 0 Å². The van der Waals surface area contributed by atoms with E-state index in [0.717, 1.165) is 18.9 Å². The van der Waals surface area contributed by atoms with Crippen molar-refractivity contribution in [2.24, 2.45) is 0 Å². The van der Waals surface area contributed by atoms with Crippen molar-refractivity contribution >= 4 is 5.97 Å². The predicted octanol–water partition coefficient (Wildman–Crippen LogP) is 1.57. The molecule has 2 atom stereocenters. The zero-order valence-corrected chi connectivity index (χ0v) is 14.9. The molecule has 3 saturated heterocycles. The van der Waals surface area contributed by atoms with Crippen LogP contribution in [0.1, 0.15) is 45.4 Å². The summed E-state index contributed by atoms with van der Waals surface area (Å²) < 4.78 is 5.37. The van der Waals surface area contributed by atoms with Crippen LogP contribution < -0.4 is 0 Å². The summed E-state index contributed by atoms with van der Waals surface area (Å²) in [6, 6.07) is 1.92. The Bertz CT molecular complexity index is 382. The van der Waals surface area contributed by atoms with Gasteiger partial charge in [0.05, 0.1) is 13.2 Å². The molecule has 0 amide bonds. The molecule has 0 N–H and O–H groups in total. The number of piperidine rings is 1. The lowest BCUT2D eigenvalue weighted by Gasteiger charge is -2.45. The van der Waals surface area contributed by atoms with Crippen molar-refractivity contribution in [2.45, 2.75) is 63.6 Å². The van der Waals surface area contributed by atoms with Crippen LogP contribution in [0.5, 0.6) is 0 Å². The van der Waals surface area contributed by atoms with Gasteiger partial charge < -0.3 is 9.64 Å². The number of hydrogen-bond donors (Lipinski definition) is 0. The van der Waals surface area contributed by atoms with Crippen LogP contribution in [-0.2, 0) is 9.53 Å². The number of hydrogen-bond acceptors (Lipinski definition) is 5. The normalized spacial score (nSPS) is 33.0. The summed E-state index contributed by atoms with van der Waals surface area (Å²) in [4.78, 5) is 19.6. The highest BCUT2D eigenvalue weighted by Crippen LogP contribution is 2.37. The molecule has 0 aromatic rings. The van der Waals surface area contributed by atoms with Gasteiger partial charge in [0.15, 0.2) is 0 Å². The van der Waals surface area contributed by atoms with Crippen LogP contribution in [0, 0.1) is 0 Å². The van der Waals surface area contributed by atoms with Gasteiger partial charge in [0, 0.05) is 44.3 Å². The van der Waals surface area contributed by atoms with E-state index in [-0.39, 0.29) is 5.97 Å². The highest BCUT2D eigenvalue weighted by atomic mass is 16.5. The standard InChI is InChI=1S/C18H33N3O2/c1-3-4-11-23-18(22)14-21-15-5-6-16(21)13-17(12-15)20-9-7-19(2)8-10-20/h15-17H,3-14H2,1-2H3. The van der Waals surface area contributed by atoms with E-state index in [9.17, 15) is 4.79 Å². The maximum Gasteiger partial charge on any atom is 0.320 e. The second kappa shape index (κ2) is 7.95. The first-order valence-electron chi connectivity index (χ1n) is 9.51. The first-order valence-corrected chi connectivity index (χ1v) is 9.51. The number of rotatable bonds is 6. The van der Waals surface area contributed by atoms with Gasteiger partial charge in [0.2, 0.25) is 0 Å². The second-order valence-corrected chi connectivity index (χ2v) is 7.60. The minimum Gasteiger partial charge on any atom is -0.465 e. The van der Waals surface area contributed by atoms with E-state index in [2.05, 4.69) is 28.7 Å². The van der Waals surface area contributed by atoms with Crippen LogP contribution in [0.25, 0.3) is 0 Å². The summed E-state index contributed by atoms with van der Waals surface area (Å²) in [5, 5.41) is 0. The third kappa shape index (κ3) is 4.25. The number of likely N-dealkylation sites (N-methyl/N-ethyl adjacent to an activating group) is 1. The summed E-state index contributed by atoms with van der Waals surface area (Å²) in [5.41, 5.74) is 0. The fourth-order valence-corrected chi connectivity index (χ4v) is 4.51. The number of piperazine rings is 1. The van der Waals surface area contributed by atoms with Gasteiger partial charge >= 0.3 is 5.97 Å². The van der Waals surface area contributed by atoms with Crippen molar-refractivity contribution < 1.29 is 9.53 Å². The molecule has 5 heteroatoms. The Morgan fingerprint density at radius 2 is 1.70 bits per heavy atom. The molecular formula is C18H33N3O2. The number of nitrogens with zero attached hydrogens (tertiary/aromatic N) is 3. The van der Waals surface area contributed by atoms with Gasteiger partial charge in [-0.3, -0.25) is 14.6 Å². The minimum absolute atomic E-state index is 0.0200. The van der Waals surface area contributed by atoms with Gasteiger partial charge in [0.25, 0.3) is 0 Å². The summed E-state index contributed by atoms with van der Waals surface area (Å²) in [6.45, 7) is 8.02. The lowest BCUT2D eigenvalue weighted by atomic mass is 9.95. The van der Waals surface area contributed by atoms with Crippen LogP contribution in [0.4, 0.5) is 0 Å². The monoisotopic (exact) mass is 323 g/mol. The minimum atomic E-state index is -0.0200. The molecule has 3 aliphatic heterocycles. The van der Waals surface area contributed by atoms with E-state index in [0.29, 0.717) is 25.2 Å². The molecule has 2 unspecified atom stereocenters. The average Bonchev–Trinajstić information content (AvgIpc) is 2.78. The number of esters is 1. The summed E-state index contributed by atoms with van der Waals surface area (Å²) in [7, 11) is 2.22. The van der Waals surface area contributed by atoms with Crippen LogP contribution in [0.15, 0.2) is 0 Å². The fraction of sp³-hybridized carbons (Fsp3) is 0.944. The Kier molecular flexibility index (Phi) is 5.94. The first-order chi connectivity index (χ1) is 11.2. The molecule has 3 fully saturated rings. The fourth-order valence-electron chi connectivity index (χ4n) is 4.51. The van der Waals surface area contributed by atoms with E-state index in [4.69, 9.17) is 4.74 Å². The largest absolute Gasteiger partial charge is 0.465 e. The van der Waals surface area contributed by atoms with Gasteiger partial charge in [-0.2, -0.15) is 0 Å². The van der Waals surface area contributed by atoms with Crippen LogP contribution in [0.2, 0.25) is 0 Å².